The van der Waals surface area contributed by atoms with E-state index in [2.05, 4.69) is 21.2 Å². The Morgan fingerprint density at radius 3 is 2.37 bits per heavy atom. The highest BCUT2D eigenvalue weighted by Crippen LogP contribution is 2.23. The molecule has 8 N–H and O–H groups in total. The van der Waals surface area contributed by atoms with Crippen molar-refractivity contribution in [3.63, 3.8) is 0 Å². The molecular weight excluding hydrogens is 408 g/mol. The Labute approximate surface area is 179 Å². The standard InChI is InChI=1S/C20H25ClN6O3/c1-2-16(19(29)30)24-17(18(28)25-20(26-22)27-23)10-12-6-8-13(9-7-12)14-4-3-5-15(21)11-14/h3-9,11,16-17,24H,2,10,22-23H2,1H3,(H,29,30)(H2,25,26,27,28)/t16-,17-/m0/s1. The topological polar surface area (TPSA) is 155 Å². The maximum absolute atomic E-state index is 12.7. The Balaban J connectivity index is 2.21. The molecule has 2 atom stereocenters. The highest BCUT2D eigenvalue weighted by atomic mass is 35.5. The van der Waals surface area contributed by atoms with Crippen LogP contribution in [0.5, 0.6) is 0 Å². The number of halogens is 1. The van der Waals surface area contributed by atoms with Gasteiger partial charge in [-0.05, 0) is 41.7 Å². The number of hydrogen-bond donors (Lipinski definition) is 6. The summed E-state index contributed by atoms with van der Waals surface area (Å²) in [5.74, 6) is 8.70. The molecule has 0 unspecified atom stereocenters. The van der Waals surface area contributed by atoms with Gasteiger partial charge in [0.25, 0.3) is 0 Å². The van der Waals surface area contributed by atoms with Gasteiger partial charge in [0, 0.05) is 5.02 Å². The van der Waals surface area contributed by atoms with Gasteiger partial charge in [0.15, 0.2) is 0 Å². The molecule has 0 aromatic heterocycles. The summed E-state index contributed by atoms with van der Waals surface area (Å²) < 4.78 is 0. The summed E-state index contributed by atoms with van der Waals surface area (Å²) in [7, 11) is 0. The summed E-state index contributed by atoms with van der Waals surface area (Å²) in [5.41, 5.74) is 4.93. The Bertz CT molecular complexity index is 904. The summed E-state index contributed by atoms with van der Waals surface area (Å²) >= 11 is 6.05. The smallest absolute Gasteiger partial charge is 0.320 e. The first-order chi connectivity index (χ1) is 14.4. The van der Waals surface area contributed by atoms with E-state index in [4.69, 9.17) is 23.3 Å². The first-order valence-corrected chi connectivity index (χ1v) is 9.64. The number of carbonyl (C=O) groups excluding carboxylic acids is 1. The highest BCUT2D eigenvalue weighted by molar-refractivity contribution is 6.30. The van der Waals surface area contributed by atoms with Gasteiger partial charge in [-0.1, -0.05) is 54.9 Å². The number of nitrogens with two attached hydrogens (primary N) is 2. The van der Waals surface area contributed by atoms with E-state index in [-0.39, 0.29) is 12.4 Å². The fourth-order valence-corrected chi connectivity index (χ4v) is 3.07. The van der Waals surface area contributed by atoms with E-state index in [1.165, 1.54) is 0 Å². The Kier molecular flexibility index (Phi) is 8.60. The Morgan fingerprint density at radius 1 is 1.13 bits per heavy atom. The molecule has 0 fully saturated rings. The molecule has 0 aliphatic heterocycles. The van der Waals surface area contributed by atoms with Gasteiger partial charge in [-0.25, -0.2) is 5.84 Å². The van der Waals surface area contributed by atoms with Crippen LogP contribution in [0.4, 0.5) is 0 Å². The highest BCUT2D eigenvalue weighted by Gasteiger charge is 2.26. The number of benzene rings is 2. The van der Waals surface area contributed by atoms with Crippen LogP contribution in [-0.2, 0) is 16.0 Å². The predicted octanol–water partition coefficient (Wildman–Crippen LogP) is 1.18. The third-order valence-electron chi connectivity index (χ3n) is 4.48. The second-order valence-electron chi connectivity index (χ2n) is 6.54. The van der Waals surface area contributed by atoms with Crippen molar-refractivity contribution in [3.05, 3.63) is 59.1 Å². The molecule has 0 saturated heterocycles. The van der Waals surface area contributed by atoms with Crippen molar-refractivity contribution in [3.8, 4) is 11.1 Å². The molecule has 0 aliphatic carbocycles. The molecule has 0 bridgehead atoms. The van der Waals surface area contributed by atoms with E-state index < -0.39 is 24.0 Å². The number of aliphatic carboxylic acids is 1. The lowest BCUT2D eigenvalue weighted by atomic mass is 9.99. The molecule has 0 spiro atoms. The lowest BCUT2D eigenvalue weighted by Gasteiger charge is -2.22. The summed E-state index contributed by atoms with van der Waals surface area (Å²) in [6.07, 6.45) is 0.549. The van der Waals surface area contributed by atoms with Gasteiger partial charge >= 0.3 is 5.97 Å². The average molecular weight is 433 g/mol. The second-order valence-corrected chi connectivity index (χ2v) is 6.98. The second kappa shape index (κ2) is 11.1. The number of hydrazine groups is 1. The van der Waals surface area contributed by atoms with Crippen LogP contribution in [0, 0.1) is 0 Å². The summed E-state index contributed by atoms with van der Waals surface area (Å²) in [4.78, 5) is 24.1. The fourth-order valence-electron chi connectivity index (χ4n) is 2.88. The van der Waals surface area contributed by atoms with E-state index in [9.17, 15) is 14.7 Å². The van der Waals surface area contributed by atoms with Gasteiger partial charge < -0.3 is 10.9 Å². The first-order valence-electron chi connectivity index (χ1n) is 9.27. The van der Waals surface area contributed by atoms with Crippen LogP contribution in [0.1, 0.15) is 18.9 Å². The lowest BCUT2D eigenvalue weighted by Crippen LogP contribution is -2.55. The lowest BCUT2D eigenvalue weighted by molar-refractivity contribution is -0.140. The van der Waals surface area contributed by atoms with Gasteiger partial charge in [-0.3, -0.25) is 25.6 Å². The Hall–Kier alpha value is -3.14. The number of guanidine groups is 1. The number of carboxylic acid groups (broad SMARTS) is 1. The molecule has 2 rings (SSSR count). The number of amides is 1. The summed E-state index contributed by atoms with van der Waals surface area (Å²) in [6, 6.07) is 13.3. The van der Waals surface area contributed by atoms with E-state index in [0.29, 0.717) is 11.4 Å². The fraction of sp³-hybridized carbons (Fsp3) is 0.250. The van der Waals surface area contributed by atoms with Gasteiger partial charge in [0.1, 0.15) is 6.04 Å². The molecule has 0 saturated carbocycles. The van der Waals surface area contributed by atoms with Crippen molar-refractivity contribution in [1.82, 2.24) is 16.1 Å². The molecule has 0 heterocycles. The molecule has 10 heteroatoms. The molecular formula is C20H25ClN6O3. The zero-order valence-electron chi connectivity index (χ0n) is 16.4. The molecule has 160 valence electrons. The molecule has 30 heavy (non-hydrogen) atoms. The van der Waals surface area contributed by atoms with Gasteiger partial charge in [0.05, 0.1) is 6.04 Å². The number of carbonyl (C=O) groups is 2. The van der Waals surface area contributed by atoms with Crippen molar-refractivity contribution in [2.24, 2.45) is 16.8 Å². The average Bonchev–Trinajstić information content (AvgIpc) is 2.74. The van der Waals surface area contributed by atoms with Crippen LogP contribution in [0.2, 0.25) is 5.02 Å². The molecule has 9 nitrogen and oxygen atoms in total. The Morgan fingerprint density at radius 2 is 1.83 bits per heavy atom. The maximum atomic E-state index is 12.7. The van der Waals surface area contributed by atoms with E-state index in [1.54, 1.807) is 13.0 Å². The minimum atomic E-state index is -1.05. The van der Waals surface area contributed by atoms with Crippen LogP contribution in [0.3, 0.4) is 0 Å². The molecule has 2 aromatic carbocycles. The zero-order valence-corrected chi connectivity index (χ0v) is 17.2. The number of nitrogens with one attached hydrogen (secondary N) is 3. The van der Waals surface area contributed by atoms with Crippen LogP contribution >= 0.6 is 11.6 Å². The van der Waals surface area contributed by atoms with Crippen molar-refractivity contribution in [2.45, 2.75) is 31.8 Å². The largest absolute Gasteiger partial charge is 0.480 e. The number of hydrogen-bond acceptors (Lipinski definition) is 6. The predicted molar refractivity (Wildman–Crippen MR) is 116 cm³/mol. The van der Waals surface area contributed by atoms with Gasteiger partial charge in [-0.15, -0.1) is 5.10 Å². The number of rotatable bonds is 8. The molecule has 0 aliphatic rings. The van der Waals surface area contributed by atoms with Crippen LogP contribution in [0.15, 0.2) is 53.6 Å². The number of nitrogens with zero attached hydrogens (tertiary/aromatic N) is 1. The summed E-state index contributed by atoms with van der Waals surface area (Å²) in [6.45, 7) is 1.72. The normalized spacial score (nSPS) is 13.4. The van der Waals surface area contributed by atoms with Crippen molar-refractivity contribution in [2.75, 3.05) is 0 Å². The van der Waals surface area contributed by atoms with Crippen molar-refractivity contribution >= 4 is 29.4 Å². The zero-order chi connectivity index (χ0) is 22.1. The minimum Gasteiger partial charge on any atom is -0.480 e. The molecule has 2 aromatic rings. The van der Waals surface area contributed by atoms with E-state index in [0.717, 1.165) is 16.7 Å². The van der Waals surface area contributed by atoms with Crippen LogP contribution in [-0.4, -0.2) is 35.0 Å². The van der Waals surface area contributed by atoms with Crippen molar-refractivity contribution < 1.29 is 14.7 Å². The van der Waals surface area contributed by atoms with E-state index in [1.807, 2.05) is 42.5 Å². The summed E-state index contributed by atoms with van der Waals surface area (Å²) in [5, 5.41) is 18.6. The van der Waals surface area contributed by atoms with Gasteiger partial charge in [0.2, 0.25) is 11.9 Å². The quantitative estimate of drug-likeness (QED) is 0.158. The SMILES string of the molecule is CC[C@H](N[C@@H](Cc1ccc(-c2cccc(Cl)c2)cc1)C(=O)N/C(=N\N)NN)C(=O)O. The first kappa shape index (κ1) is 23.1. The van der Waals surface area contributed by atoms with E-state index >= 15 is 0 Å². The molecule has 0 radical (unpaired) electrons. The number of carboxylic acids is 1. The third-order valence-corrected chi connectivity index (χ3v) is 4.72. The monoisotopic (exact) mass is 432 g/mol. The van der Waals surface area contributed by atoms with Crippen LogP contribution in [0.25, 0.3) is 11.1 Å². The number of hydrazone groups is 1. The third kappa shape index (κ3) is 6.45. The maximum Gasteiger partial charge on any atom is 0.320 e. The molecule has 1 amide bonds. The minimum absolute atomic E-state index is 0.133. The van der Waals surface area contributed by atoms with Crippen LogP contribution < -0.4 is 27.7 Å². The van der Waals surface area contributed by atoms with Gasteiger partial charge in [-0.2, -0.15) is 0 Å². The van der Waals surface area contributed by atoms with Crippen molar-refractivity contribution in [1.29, 1.82) is 0 Å².